The molecule has 0 amide bonds. The smallest absolute Gasteiger partial charge is 0.187 e. The first-order valence-electron chi connectivity index (χ1n) is 6.93. The van der Waals surface area contributed by atoms with Gasteiger partial charge in [0.2, 0.25) is 0 Å². The zero-order valence-electron chi connectivity index (χ0n) is 11.8. The summed E-state index contributed by atoms with van der Waals surface area (Å²) in [6.07, 6.45) is -14.3. The van der Waals surface area contributed by atoms with Crippen LogP contribution < -0.4 is 0 Å². The van der Waals surface area contributed by atoms with Crippen molar-refractivity contribution in [2.75, 3.05) is 6.61 Å². The van der Waals surface area contributed by atoms with E-state index in [9.17, 15) is 30.6 Å². The van der Waals surface area contributed by atoms with Crippen LogP contribution in [0.5, 0.6) is 0 Å². The van der Waals surface area contributed by atoms with Gasteiger partial charge < -0.3 is 50.0 Å². The largest absolute Gasteiger partial charge is 0.394 e. The Morgan fingerprint density at radius 1 is 0.818 bits per heavy atom. The minimum atomic E-state index is -1.67. The van der Waals surface area contributed by atoms with Crippen LogP contribution in [0.4, 0.5) is 0 Å². The maximum atomic E-state index is 9.96. The second-order valence-corrected chi connectivity index (χ2v) is 5.51. The molecule has 2 heterocycles. The van der Waals surface area contributed by atoms with Gasteiger partial charge in [0.1, 0.15) is 42.7 Å². The quantitative estimate of drug-likeness (QED) is 0.269. The van der Waals surface area contributed by atoms with Crippen LogP contribution in [-0.4, -0.2) is 104 Å². The molecule has 10 heteroatoms. The first-order valence-corrected chi connectivity index (χ1v) is 6.93. The Kier molecular flexibility index (Phi) is 5.72. The molecule has 0 saturated carbocycles. The molecule has 2 rings (SSSR count). The molecule has 0 aromatic heterocycles. The monoisotopic (exact) mass is 326 g/mol. The van der Waals surface area contributed by atoms with Gasteiger partial charge in [0.25, 0.3) is 0 Å². The Labute approximate surface area is 126 Å². The SMILES string of the molecule is C[C@H]1O[C@@H](O)[C@H](O)[C@@H](O[C@H]2O[C@H](CO)[C@@H](O)[C@H](O)[C@H]2O)[C@H]1O. The van der Waals surface area contributed by atoms with Crippen molar-refractivity contribution in [2.24, 2.45) is 0 Å². The molecule has 7 N–H and O–H groups in total. The average Bonchev–Trinajstić information content (AvgIpc) is 2.49. The Bertz CT molecular complexity index is 352. The first-order chi connectivity index (χ1) is 10.3. The lowest BCUT2D eigenvalue weighted by molar-refractivity contribution is -0.353. The first kappa shape index (κ1) is 17.9. The van der Waals surface area contributed by atoms with E-state index in [1.807, 2.05) is 0 Å². The van der Waals surface area contributed by atoms with Crippen LogP contribution in [0.3, 0.4) is 0 Å². The summed E-state index contributed by atoms with van der Waals surface area (Å²) >= 11 is 0. The maximum Gasteiger partial charge on any atom is 0.187 e. The van der Waals surface area contributed by atoms with E-state index < -0.39 is 68.0 Å². The van der Waals surface area contributed by atoms with Gasteiger partial charge >= 0.3 is 0 Å². The molecule has 0 aliphatic carbocycles. The van der Waals surface area contributed by atoms with Crippen molar-refractivity contribution in [3.05, 3.63) is 0 Å². The van der Waals surface area contributed by atoms with Gasteiger partial charge in [0.15, 0.2) is 12.6 Å². The van der Waals surface area contributed by atoms with Gasteiger partial charge in [0, 0.05) is 0 Å². The fraction of sp³-hybridized carbons (Fsp3) is 1.00. The standard InChI is InChI=1S/C12H22O10/c1-3-5(14)10(9(18)11(19)20-3)22-12-8(17)7(16)6(15)4(2-13)21-12/h3-19H,2H2,1H3/t3-,4-,5+,6-,7+,8-,9-,10+,11-,12-/m1/s1. The molecule has 0 spiro atoms. The van der Waals surface area contributed by atoms with Crippen LogP contribution >= 0.6 is 0 Å². The van der Waals surface area contributed by atoms with Crippen molar-refractivity contribution in [2.45, 2.75) is 68.3 Å². The lowest BCUT2D eigenvalue weighted by Gasteiger charge is -2.44. The van der Waals surface area contributed by atoms with Crippen LogP contribution in [0.2, 0.25) is 0 Å². The summed E-state index contributed by atoms with van der Waals surface area (Å²) in [4.78, 5) is 0. The number of hydrogen-bond acceptors (Lipinski definition) is 10. The Morgan fingerprint density at radius 2 is 1.45 bits per heavy atom. The molecule has 0 bridgehead atoms. The molecule has 10 nitrogen and oxygen atoms in total. The fourth-order valence-electron chi connectivity index (χ4n) is 2.51. The number of aliphatic hydroxyl groups is 7. The van der Waals surface area contributed by atoms with E-state index >= 15 is 0 Å². The highest BCUT2D eigenvalue weighted by Gasteiger charge is 2.49. The molecule has 22 heavy (non-hydrogen) atoms. The molecular weight excluding hydrogens is 304 g/mol. The third-order valence-electron chi connectivity index (χ3n) is 3.94. The summed E-state index contributed by atoms with van der Waals surface area (Å²) in [5.41, 5.74) is 0. The van der Waals surface area contributed by atoms with Crippen molar-refractivity contribution in [1.82, 2.24) is 0 Å². The molecule has 0 unspecified atom stereocenters. The summed E-state index contributed by atoms with van der Waals surface area (Å²) in [7, 11) is 0. The Morgan fingerprint density at radius 3 is 2.05 bits per heavy atom. The van der Waals surface area contributed by atoms with Gasteiger partial charge in [-0.1, -0.05) is 0 Å². The molecule has 10 atom stereocenters. The molecule has 0 aromatic carbocycles. The van der Waals surface area contributed by atoms with E-state index in [0.29, 0.717) is 0 Å². The fourth-order valence-corrected chi connectivity index (χ4v) is 2.51. The third-order valence-corrected chi connectivity index (χ3v) is 3.94. The Balaban J connectivity index is 2.10. The molecular formula is C12H22O10. The van der Waals surface area contributed by atoms with Crippen LogP contribution in [-0.2, 0) is 14.2 Å². The third kappa shape index (κ3) is 3.26. The van der Waals surface area contributed by atoms with Gasteiger partial charge in [-0.15, -0.1) is 0 Å². The van der Waals surface area contributed by atoms with E-state index in [0.717, 1.165) is 0 Å². The number of ether oxygens (including phenoxy) is 3. The topological polar surface area (TPSA) is 169 Å². The summed E-state index contributed by atoms with van der Waals surface area (Å²) in [5.74, 6) is 0. The number of rotatable bonds is 3. The van der Waals surface area contributed by atoms with Gasteiger partial charge in [-0.3, -0.25) is 0 Å². The molecule has 2 saturated heterocycles. The van der Waals surface area contributed by atoms with Crippen molar-refractivity contribution < 1.29 is 50.0 Å². The molecule has 2 aliphatic heterocycles. The molecule has 2 aliphatic rings. The van der Waals surface area contributed by atoms with E-state index in [4.69, 9.17) is 19.3 Å². The highest BCUT2D eigenvalue weighted by molar-refractivity contribution is 4.92. The van der Waals surface area contributed by atoms with E-state index in [1.54, 1.807) is 0 Å². The van der Waals surface area contributed by atoms with E-state index in [2.05, 4.69) is 0 Å². The minimum absolute atomic E-state index is 0.636. The second kappa shape index (κ2) is 7.01. The molecule has 2 fully saturated rings. The summed E-state index contributed by atoms with van der Waals surface area (Å²) in [6, 6.07) is 0. The van der Waals surface area contributed by atoms with Gasteiger partial charge in [-0.2, -0.15) is 0 Å². The van der Waals surface area contributed by atoms with Crippen molar-refractivity contribution in [3.63, 3.8) is 0 Å². The van der Waals surface area contributed by atoms with E-state index in [-0.39, 0.29) is 0 Å². The van der Waals surface area contributed by atoms with Crippen LogP contribution in [0, 0.1) is 0 Å². The summed E-state index contributed by atoms with van der Waals surface area (Å²) in [5, 5.41) is 67.6. The van der Waals surface area contributed by atoms with Crippen LogP contribution in [0.15, 0.2) is 0 Å². The normalized spacial score (nSPS) is 53.5. The zero-order chi connectivity index (χ0) is 16.6. The van der Waals surface area contributed by atoms with Crippen molar-refractivity contribution in [3.8, 4) is 0 Å². The number of aliphatic hydroxyl groups excluding tert-OH is 7. The predicted molar refractivity (Wildman–Crippen MR) is 67.2 cm³/mol. The molecule has 130 valence electrons. The second-order valence-electron chi connectivity index (χ2n) is 5.51. The predicted octanol–water partition coefficient (Wildman–Crippen LogP) is -4.37. The summed E-state index contributed by atoms with van der Waals surface area (Å²) < 4.78 is 15.3. The average molecular weight is 326 g/mol. The van der Waals surface area contributed by atoms with Gasteiger partial charge in [-0.05, 0) is 6.92 Å². The maximum absolute atomic E-state index is 9.96. The lowest BCUT2D eigenvalue weighted by atomic mass is 9.97. The van der Waals surface area contributed by atoms with E-state index in [1.165, 1.54) is 6.92 Å². The molecule has 0 aromatic rings. The minimum Gasteiger partial charge on any atom is -0.394 e. The lowest BCUT2D eigenvalue weighted by Crippen LogP contribution is -2.63. The van der Waals surface area contributed by atoms with Crippen molar-refractivity contribution >= 4 is 0 Å². The van der Waals surface area contributed by atoms with Crippen LogP contribution in [0.1, 0.15) is 6.92 Å². The van der Waals surface area contributed by atoms with Crippen molar-refractivity contribution in [1.29, 1.82) is 0 Å². The van der Waals surface area contributed by atoms with Gasteiger partial charge in [-0.25, -0.2) is 0 Å². The number of hydrogen-bond donors (Lipinski definition) is 7. The summed E-state index contributed by atoms with van der Waals surface area (Å²) in [6.45, 7) is 0.812. The highest BCUT2D eigenvalue weighted by atomic mass is 16.7. The molecule has 0 radical (unpaired) electrons. The highest BCUT2D eigenvalue weighted by Crippen LogP contribution is 2.28. The Hall–Kier alpha value is -0.400. The zero-order valence-corrected chi connectivity index (χ0v) is 11.8. The van der Waals surface area contributed by atoms with Crippen LogP contribution in [0.25, 0.3) is 0 Å². The van der Waals surface area contributed by atoms with Gasteiger partial charge in [0.05, 0.1) is 12.7 Å².